The average Bonchev–Trinajstić information content (AvgIpc) is 2.47. The summed E-state index contributed by atoms with van der Waals surface area (Å²) in [6.45, 7) is 0.400. The van der Waals surface area contributed by atoms with Crippen molar-refractivity contribution in [3.8, 4) is 0 Å². The molecular weight excluding hydrogens is 322 g/mol. The van der Waals surface area contributed by atoms with Gasteiger partial charge in [-0.3, -0.25) is 4.79 Å². The molecule has 0 bridgehead atoms. The summed E-state index contributed by atoms with van der Waals surface area (Å²) < 4.78 is 24.9. The van der Waals surface area contributed by atoms with E-state index in [0.29, 0.717) is 18.8 Å². The Hall–Kier alpha value is -1.12. The molecule has 2 rings (SSSR count). The SMILES string of the molecule is CSCc1ccnc(NC(=O)[C@@H]2CCCCN2S(C)(=O)=O)c1. The van der Waals surface area contributed by atoms with Crippen molar-refractivity contribution in [1.29, 1.82) is 0 Å². The predicted molar refractivity (Wildman–Crippen MR) is 89.3 cm³/mol. The van der Waals surface area contributed by atoms with Crippen LogP contribution in [0.15, 0.2) is 18.3 Å². The number of piperidine rings is 1. The van der Waals surface area contributed by atoms with Crippen LogP contribution in [0.2, 0.25) is 0 Å². The van der Waals surface area contributed by atoms with Crippen LogP contribution in [-0.4, -0.2) is 48.7 Å². The van der Waals surface area contributed by atoms with Crippen molar-refractivity contribution in [2.75, 3.05) is 24.4 Å². The van der Waals surface area contributed by atoms with Gasteiger partial charge in [-0.25, -0.2) is 13.4 Å². The van der Waals surface area contributed by atoms with Gasteiger partial charge in [0.25, 0.3) is 0 Å². The summed E-state index contributed by atoms with van der Waals surface area (Å²) in [6, 6.07) is 3.08. The zero-order chi connectivity index (χ0) is 16.2. The van der Waals surface area contributed by atoms with Crippen molar-refractivity contribution >= 4 is 33.5 Å². The van der Waals surface area contributed by atoms with Gasteiger partial charge in [0.1, 0.15) is 11.9 Å². The molecule has 1 aliphatic heterocycles. The van der Waals surface area contributed by atoms with E-state index >= 15 is 0 Å². The fraction of sp³-hybridized carbons (Fsp3) is 0.571. The first-order valence-electron chi connectivity index (χ1n) is 7.13. The highest BCUT2D eigenvalue weighted by atomic mass is 32.2. The lowest BCUT2D eigenvalue weighted by atomic mass is 10.0. The summed E-state index contributed by atoms with van der Waals surface area (Å²) in [5, 5.41) is 2.75. The molecule has 1 aromatic rings. The van der Waals surface area contributed by atoms with E-state index in [1.165, 1.54) is 4.31 Å². The largest absolute Gasteiger partial charge is 0.309 e. The van der Waals surface area contributed by atoms with Crippen LogP contribution in [0.25, 0.3) is 0 Å². The number of thioether (sulfide) groups is 1. The Morgan fingerprint density at radius 3 is 2.95 bits per heavy atom. The minimum Gasteiger partial charge on any atom is -0.309 e. The number of hydrogen-bond acceptors (Lipinski definition) is 5. The number of hydrogen-bond donors (Lipinski definition) is 1. The van der Waals surface area contributed by atoms with Crippen LogP contribution >= 0.6 is 11.8 Å². The van der Waals surface area contributed by atoms with E-state index in [1.807, 2.05) is 18.4 Å². The first-order chi connectivity index (χ1) is 10.4. The molecule has 122 valence electrons. The van der Waals surface area contributed by atoms with E-state index in [4.69, 9.17) is 0 Å². The van der Waals surface area contributed by atoms with Crippen molar-refractivity contribution in [3.63, 3.8) is 0 Å². The Morgan fingerprint density at radius 1 is 1.50 bits per heavy atom. The number of anilines is 1. The molecule has 1 saturated heterocycles. The maximum atomic E-state index is 12.4. The summed E-state index contributed by atoms with van der Waals surface area (Å²) in [5.41, 5.74) is 1.07. The molecule has 0 spiro atoms. The molecule has 1 aromatic heterocycles. The standard InChI is InChI=1S/C14H21N3O3S2/c1-21-10-11-6-7-15-13(9-11)16-14(18)12-5-3-4-8-17(12)22(2,19)20/h6-7,9,12H,3-5,8,10H2,1-2H3,(H,15,16,18)/t12-/m0/s1. The van der Waals surface area contributed by atoms with Gasteiger partial charge in [-0.1, -0.05) is 6.42 Å². The number of aromatic nitrogens is 1. The second kappa shape index (κ2) is 7.43. The van der Waals surface area contributed by atoms with E-state index in [9.17, 15) is 13.2 Å². The second-order valence-electron chi connectivity index (χ2n) is 5.36. The van der Waals surface area contributed by atoms with Gasteiger partial charge in [-0.2, -0.15) is 16.1 Å². The maximum absolute atomic E-state index is 12.4. The van der Waals surface area contributed by atoms with Crippen LogP contribution < -0.4 is 5.32 Å². The van der Waals surface area contributed by atoms with Crippen LogP contribution in [0.3, 0.4) is 0 Å². The quantitative estimate of drug-likeness (QED) is 0.880. The number of nitrogens with zero attached hydrogens (tertiary/aromatic N) is 2. The normalized spacial score (nSPS) is 19.8. The lowest BCUT2D eigenvalue weighted by Crippen LogP contribution is -2.49. The fourth-order valence-electron chi connectivity index (χ4n) is 2.57. The number of rotatable bonds is 5. The van der Waals surface area contributed by atoms with Gasteiger partial charge >= 0.3 is 0 Å². The Balaban J connectivity index is 2.11. The molecule has 1 amide bonds. The number of nitrogens with one attached hydrogen (secondary N) is 1. The van der Waals surface area contributed by atoms with Gasteiger partial charge in [0.05, 0.1) is 6.26 Å². The highest BCUT2D eigenvalue weighted by Crippen LogP contribution is 2.21. The molecule has 0 radical (unpaired) electrons. The summed E-state index contributed by atoms with van der Waals surface area (Å²) >= 11 is 1.69. The van der Waals surface area contributed by atoms with Gasteiger partial charge in [0, 0.05) is 18.5 Å². The van der Waals surface area contributed by atoms with Crippen molar-refractivity contribution < 1.29 is 13.2 Å². The molecule has 0 aliphatic carbocycles. The third-order valence-corrected chi connectivity index (χ3v) is 5.48. The lowest BCUT2D eigenvalue weighted by Gasteiger charge is -2.32. The van der Waals surface area contributed by atoms with Gasteiger partial charge < -0.3 is 5.32 Å². The van der Waals surface area contributed by atoms with Crippen LogP contribution in [0.4, 0.5) is 5.82 Å². The van der Waals surface area contributed by atoms with E-state index in [0.717, 1.165) is 30.4 Å². The molecule has 0 unspecified atom stereocenters. The van der Waals surface area contributed by atoms with Crippen LogP contribution in [0.1, 0.15) is 24.8 Å². The number of pyridine rings is 1. The lowest BCUT2D eigenvalue weighted by molar-refractivity contribution is -0.120. The van der Waals surface area contributed by atoms with Crippen molar-refractivity contribution in [3.05, 3.63) is 23.9 Å². The van der Waals surface area contributed by atoms with E-state index < -0.39 is 16.1 Å². The molecule has 22 heavy (non-hydrogen) atoms. The summed E-state index contributed by atoms with van der Waals surface area (Å²) in [4.78, 5) is 16.6. The van der Waals surface area contributed by atoms with E-state index in [2.05, 4.69) is 10.3 Å². The Bertz CT molecular complexity index is 634. The van der Waals surface area contributed by atoms with Crippen molar-refractivity contribution in [2.24, 2.45) is 0 Å². The Kier molecular flexibility index (Phi) is 5.82. The monoisotopic (exact) mass is 343 g/mol. The topological polar surface area (TPSA) is 79.4 Å². The van der Waals surface area contributed by atoms with E-state index in [1.54, 1.807) is 18.0 Å². The number of carbonyl (C=O) groups is 1. The zero-order valence-electron chi connectivity index (χ0n) is 12.8. The van der Waals surface area contributed by atoms with E-state index in [-0.39, 0.29) is 5.91 Å². The molecular formula is C14H21N3O3S2. The highest BCUT2D eigenvalue weighted by molar-refractivity contribution is 7.97. The molecule has 6 nitrogen and oxygen atoms in total. The zero-order valence-corrected chi connectivity index (χ0v) is 14.4. The summed E-state index contributed by atoms with van der Waals surface area (Å²) in [6.07, 6.45) is 6.99. The molecule has 0 saturated carbocycles. The average molecular weight is 343 g/mol. The van der Waals surface area contributed by atoms with Gasteiger partial charge in [0.15, 0.2) is 0 Å². The molecule has 1 fully saturated rings. The molecule has 1 aliphatic rings. The second-order valence-corrected chi connectivity index (χ2v) is 8.16. The predicted octanol–water partition coefficient (Wildman–Crippen LogP) is 1.70. The van der Waals surface area contributed by atoms with Gasteiger partial charge in [-0.15, -0.1) is 0 Å². The molecule has 8 heteroatoms. The van der Waals surface area contributed by atoms with Crippen LogP contribution in [0.5, 0.6) is 0 Å². The first-order valence-corrected chi connectivity index (χ1v) is 10.4. The molecule has 1 atom stereocenters. The minimum atomic E-state index is -3.38. The molecule has 0 aromatic carbocycles. The Labute approximate surface area is 135 Å². The smallest absolute Gasteiger partial charge is 0.243 e. The maximum Gasteiger partial charge on any atom is 0.243 e. The summed E-state index contributed by atoms with van der Waals surface area (Å²) in [7, 11) is -3.38. The van der Waals surface area contributed by atoms with Gasteiger partial charge in [-0.05, 0) is 36.8 Å². The third kappa shape index (κ3) is 4.44. The van der Waals surface area contributed by atoms with Crippen LogP contribution in [0, 0.1) is 0 Å². The van der Waals surface area contributed by atoms with Gasteiger partial charge in [0.2, 0.25) is 15.9 Å². The Morgan fingerprint density at radius 2 is 2.27 bits per heavy atom. The summed E-state index contributed by atoms with van der Waals surface area (Å²) in [5.74, 6) is 0.999. The number of amides is 1. The first kappa shape index (κ1) is 17.2. The van der Waals surface area contributed by atoms with Crippen molar-refractivity contribution in [1.82, 2.24) is 9.29 Å². The fourth-order valence-corrected chi connectivity index (χ4v) is 4.21. The number of sulfonamides is 1. The molecule has 1 N–H and O–H groups in total. The molecule has 2 heterocycles. The minimum absolute atomic E-state index is 0.307. The number of carbonyl (C=O) groups excluding carboxylic acids is 1. The van der Waals surface area contributed by atoms with Crippen LogP contribution in [-0.2, 0) is 20.6 Å². The third-order valence-electron chi connectivity index (χ3n) is 3.57. The highest BCUT2D eigenvalue weighted by Gasteiger charge is 2.34. The van der Waals surface area contributed by atoms with Crippen molar-refractivity contribution in [2.45, 2.75) is 31.1 Å².